The standard InChI is InChI=1S/C11H20N2O4/c1-11(5-3-4-6-13-11)10(16)12-7-8(14)9(15)17-2/h8,13-14H,3-7H2,1-2H3,(H,12,16). The van der Waals surface area contributed by atoms with Crippen LogP contribution in [0, 0.1) is 0 Å². The second kappa shape index (κ2) is 5.97. The molecule has 1 amide bonds. The molecule has 6 heteroatoms. The van der Waals surface area contributed by atoms with Gasteiger partial charge in [-0.1, -0.05) is 0 Å². The van der Waals surface area contributed by atoms with Gasteiger partial charge in [0.15, 0.2) is 6.10 Å². The van der Waals surface area contributed by atoms with Crippen molar-refractivity contribution in [2.45, 2.75) is 37.8 Å². The lowest BCUT2D eigenvalue weighted by molar-refractivity contribution is -0.150. The number of hydrogen-bond donors (Lipinski definition) is 3. The van der Waals surface area contributed by atoms with Crippen molar-refractivity contribution >= 4 is 11.9 Å². The molecule has 0 aromatic heterocycles. The smallest absolute Gasteiger partial charge is 0.336 e. The third-order valence-corrected chi connectivity index (χ3v) is 3.05. The van der Waals surface area contributed by atoms with E-state index < -0.39 is 17.6 Å². The molecule has 2 unspecified atom stereocenters. The Bertz CT molecular complexity index is 287. The van der Waals surface area contributed by atoms with Crippen LogP contribution in [0.25, 0.3) is 0 Å². The molecular weight excluding hydrogens is 224 g/mol. The highest BCUT2D eigenvalue weighted by atomic mass is 16.5. The predicted octanol–water partition coefficient (Wildman–Crippen LogP) is -0.831. The van der Waals surface area contributed by atoms with E-state index in [0.717, 1.165) is 25.8 Å². The fourth-order valence-corrected chi connectivity index (χ4v) is 1.85. The summed E-state index contributed by atoms with van der Waals surface area (Å²) in [5, 5.41) is 15.0. The number of ether oxygens (including phenoxy) is 1. The second-order valence-electron chi connectivity index (χ2n) is 4.46. The highest BCUT2D eigenvalue weighted by Crippen LogP contribution is 2.18. The monoisotopic (exact) mass is 244 g/mol. The zero-order valence-corrected chi connectivity index (χ0v) is 10.3. The summed E-state index contributed by atoms with van der Waals surface area (Å²) in [5.41, 5.74) is -0.603. The van der Waals surface area contributed by atoms with Crippen LogP contribution in [0.15, 0.2) is 0 Å². The van der Waals surface area contributed by atoms with Gasteiger partial charge in [-0.05, 0) is 32.7 Å². The molecule has 6 nitrogen and oxygen atoms in total. The van der Waals surface area contributed by atoms with E-state index >= 15 is 0 Å². The summed E-state index contributed by atoms with van der Waals surface area (Å²) in [6.07, 6.45) is 1.51. The van der Waals surface area contributed by atoms with Crippen molar-refractivity contribution in [3.63, 3.8) is 0 Å². The lowest BCUT2D eigenvalue weighted by atomic mass is 9.90. The zero-order valence-electron chi connectivity index (χ0n) is 10.3. The number of aliphatic hydroxyl groups is 1. The zero-order chi connectivity index (χ0) is 12.9. The first-order valence-electron chi connectivity index (χ1n) is 5.79. The summed E-state index contributed by atoms with van der Waals surface area (Å²) >= 11 is 0. The Labute approximate surface area is 101 Å². The number of carbonyl (C=O) groups excluding carboxylic acids is 2. The molecule has 1 rings (SSSR count). The fraction of sp³-hybridized carbons (Fsp3) is 0.818. The Morgan fingerprint density at radius 1 is 1.53 bits per heavy atom. The van der Waals surface area contributed by atoms with Crippen molar-refractivity contribution in [3.8, 4) is 0 Å². The van der Waals surface area contributed by atoms with Crippen molar-refractivity contribution in [2.75, 3.05) is 20.2 Å². The first-order chi connectivity index (χ1) is 7.99. The minimum atomic E-state index is -1.31. The van der Waals surface area contributed by atoms with Crippen LogP contribution in [-0.2, 0) is 14.3 Å². The first kappa shape index (κ1) is 13.9. The number of rotatable bonds is 4. The Hall–Kier alpha value is -1.14. The molecule has 1 fully saturated rings. The van der Waals surface area contributed by atoms with Crippen molar-refractivity contribution in [3.05, 3.63) is 0 Å². The molecule has 98 valence electrons. The normalized spacial score (nSPS) is 26.1. The average molecular weight is 244 g/mol. The van der Waals surface area contributed by atoms with Crippen LogP contribution in [0.2, 0.25) is 0 Å². The molecule has 1 aliphatic heterocycles. The van der Waals surface area contributed by atoms with Crippen LogP contribution < -0.4 is 10.6 Å². The van der Waals surface area contributed by atoms with Crippen LogP contribution in [0.4, 0.5) is 0 Å². The SMILES string of the molecule is COC(=O)C(O)CNC(=O)C1(C)CCCCN1. The summed E-state index contributed by atoms with van der Waals surface area (Å²) in [5.74, 6) is -0.938. The van der Waals surface area contributed by atoms with E-state index in [1.54, 1.807) is 0 Å². The van der Waals surface area contributed by atoms with Gasteiger partial charge >= 0.3 is 5.97 Å². The minimum absolute atomic E-state index is 0.122. The highest BCUT2D eigenvalue weighted by molar-refractivity contribution is 5.86. The van der Waals surface area contributed by atoms with Gasteiger partial charge in [0.2, 0.25) is 5.91 Å². The van der Waals surface area contributed by atoms with E-state index in [1.807, 2.05) is 6.92 Å². The van der Waals surface area contributed by atoms with Gasteiger partial charge in [-0.3, -0.25) is 4.79 Å². The first-order valence-corrected chi connectivity index (χ1v) is 5.79. The molecule has 1 aliphatic rings. The lowest BCUT2D eigenvalue weighted by Crippen LogP contribution is -2.58. The fourth-order valence-electron chi connectivity index (χ4n) is 1.85. The maximum atomic E-state index is 11.9. The number of amides is 1. The largest absolute Gasteiger partial charge is 0.467 e. The molecule has 0 spiro atoms. The molecule has 1 saturated heterocycles. The number of esters is 1. The number of methoxy groups -OCH3 is 1. The number of carbonyl (C=O) groups is 2. The number of hydrogen-bond acceptors (Lipinski definition) is 5. The van der Waals surface area contributed by atoms with E-state index in [-0.39, 0.29) is 12.5 Å². The highest BCUT2D eigenvalue weighted by Gasteiger charge is 2.34. The number of nitrogens with one attached hydrogen (secondary N) is 2. The Kier molecular flexibility index (Phi) is 4.89. The average Bonchev–Trinajstić information content (AvgIpc) is 2.35. The Morgan fingerprint density at radius 3 is 2.76 bits per heavy atom. The number of aliphatic hydroxyl groups excluding tert-OH is 1. The van der Waals surface area contributed by atoms with Crippen LogP contribution >= 0.6 is 0 Å². The van der Waals surface area contributed by atoms with Gasteiger partial charge in [0, 0.05) is 0 Å². The van der Waals surface area contributed by atoms with Gasteiger partial charge in [-0.25, -0.2) is 4.79 Å². The topological polar surface area (TPSA) is 87.7 Å². The van der Waals surface area contributed by atoms with Crippen molar-refractivity contribution in [1.29, 1.82) is 0 Å². The van der Waals surface area contributed by atoms with Gasteiger partial charge in [0.1, 0.15) is 0 Å². The molecule has 0 radical (unpaired) electrons. The summed E-state index contributed by atoms with van der Waals surface area (Å²) in [4.78, 5) is 22.8. The lowest BCUT2D eigenvalue weighted by Gasteiger charge is -2.33. The van der Waals surface area contributed by atoms with Gasteiger partial charge < -0.3 is 20.5 Å². The molecule has 0 aromatic rings. The summed E-state index contributed by atoms with van der Waals surface area (Å²) in [6.45, 7) is 2.51. The molecule has 2 atom stereocenters. The summed E-state index contributed by atoms with van der Waals surface area (Å²) in [6, 6.07) is 0. The van der Waals surface area contributed by atoms with E-state index in [2.05, 4.69) is 15.4 Å². The Balaban J connectivity index is 2.41. The molecular formula is C11H20N2O4. The van der Waals surface area contributed by atoms with E-state index in [0.29, 0.717) is 0 Å². The van der Waals surface area contributed by atoms with Crippen molar-refractivity contribution < 1.29 is 19.4 Å². The van der Waals surface area contributed by atoms with Crippen LogP contribution in [-0.4, -0.2) is 48.8 Å². The summed E-state index contributed by atoms with van der Waals surface area (Å²) in [7, 11) is 1.19. The second-order valence-corrected chi connectivity index (χ2v) is 4.46. The molecule has 1 heterocycles. The van der Waals surface area contributed by atoms with Gasteiger partial charge in [-0.15, -0.1) is 0 Å². The molecule has 0 aliphatic carbocycles. The minimum Gasteiger partial charge on any atom is -0.467 e. The van der Waals surface area contributed by atoms with Crippen LogP contribution in [0.5, 0.6) is 0 Å². The van der Waals surface area contributed by atoms with Crippen LogP contribution in [0.1, 0.15) is 26.2 Å². The molecule has 17 heavy (non-hydrogen) atoms. The third-order valence-electron chi connectivity index (χ3n) is 3.05. The molecule has 0 aromatic carbocycles. The quantitative estimate of drug-likeness (QED) is 0.562. The maximum absolute atomic E-state index is 11.9. The van der Waals surface area contributed by atoms with Crippen molar-refractivity contribution in [1.82, 2.24) is 10.6 Å². The van der Waals surface area contributed by atoms with Gasteiger partial charge in [0.05, 0.1) is 19.2 Å². The van der Waals surface area contributed by atoms with E-state index in [9.17, 15) is 14.7 Å². The van der Waals surface area contributed by atoms with Crippen LogP contribution in [0.3, 0.4) is 0 Å². The molecule has 0 bridgehead atoms. The molecule has 3 N–H and O–H groups in total. The molecule has 0 saturated carbocycles. The van der Waals surface area contributed by atoms with Crippen molar-refractivity contribution in [2.24, 2.45) is 0 Å². The van der Waals surface area contributed by atoms with Gasteiger partial charge in [-0.2, -0.15) is 0 Å². The number of piperidine rings is 1. The van der Waals surface area contributed by atoms with Gasteiger partial charge in [0.25, 0.3) is 0 Å². The predicted molar refractivity (Wildman–Crippen MR) is 61.3 cm³/mol. The van der Waals surface area contributed by atoms with E-state index in [1.165, 1.54) is 7.11 Å². The maximum Gasteiger partial charge on any atom is 0.336 e. The van der Waals surface area contributed by atoms with E-state index in [4.69, 9.17) is 0 Å². The Morgan fingerprint density at radius 2 is 2.24 bits per heavy atom. The summed E-state index contributed by atoms with van der Waals surface area (Å²) < 4.78 is 4.36. The third kappa shape index (κ3) is 3.67.